The third kappa shape index (κ3) is 2.74. The molecule has 8 heteroatoms. The minimum atomic E-state index is -5.61. The quantitative estimate of drug-likeness (QED) is 0.524. The number of halogens is 4. The zero-order chi connectivity index (χ0) is 16.0. The first-order chi connectivity index (χ1) is 10.3. The molecule has 0 unspecified atom stereocenters. The van der Waals surface area contributed by atoms with Crippen molar-refractivity contribution >= 4 is 30.4 Å². The van der Waals surface area contributed by atoms with Crippen LogP contribution in [0.3, 0.4) is 0 Å². The monoisotopic (exact) mass is 442 g/mol. The molecule has 118 valence electrons. The molecule has 2 aromatic carbocycles. The Hall–Kier alpha value is -1.13. The number of fused-ring (bicyclic) bond motifs is 2. The molecule has 0 atom stereocenters. The van der Waals surface area contributed by atoms with Crippen LogP contribution in [0.1, 0.15) is 11.1 Å². The van der Waals surface area contributed by atoms with Crippen LogP contribution in [0.4, 0.5) is 13.2 Å². The van der Waals surface area contributed by atoms with Gasteiger partial charge in [-0.1, -0.05) is 0 Å². The fraction of sp³-hybridized carbons (Fsp3) is 0.143. The van der Waals surface area contributed by atoms with Gasteiger partial charge in [0.2, 0.25) is 0 Å². The molecule has 0 amide bonds. The molecular formula is C14H10F3IO3S. The zero-order valence-corrected chi connectivity index (χ0v) is 13.9. The number of alkyl halides is 3. The van der Waals surface area contributed by atoms with Crippen molar-refractivity contribution in [1.29, 1.82) is 0 Å². The van der Waals surface area contributed by atoms with Gasteiger partial charge in [-0.25, -0.2) is 0 Å². The van der Waals surface area contributed by atoms with Crippen molar-refractivity contribution in [3.05, 3.63) is 66.8 Å². The van der Waals surface area contributed by atoms with Gasteiger partial charge >= 0.3 is 133 Å². The molecule has 0 N–H and O–H groups in total. The second kappa shape index (κ2) is 5.50. The molecule has 0 fully saturated rings. The van der Waals surface area contributed by atoms with Crippen molar-refractivity contribution in [2.24, 2.45) is 0 Å². The van der Waals surface area contributed by atoms with Gasteiger partial charge in [0.15, 0.2) is 0 Å². The van der Waals surface area contributed by atoms with E-state index >= 15 is 0 Å². The van der Waals surface area contributed by atoms with Gasteiger partial charge in [0, 0.05) is 0 Å². The zero-order valence-electron chi connectivity index (χ0n) is 11.0. The summed E-state index contributed by atoms with van der Waals surface area (Å²) in [7, 11) is -5.61. The Labute approximate surface area is 133 Å². The molecule has 1 aliphatic heterocycles. The van der Waals surface area contributed by atoms with Crippen LogP contribution in [0.2, 0.25) is 0 Å². The molecule has 1 aliphatic rings. The first-order valence-electron chi connectivity index (χ1n) is 6.17. The van der Waals surface area contributed by atoms with E-state index in [1.807, 2.05) is 0 Å². The van der Waals surface area contributed by atoms with Crippen LogP contribution in [0.15, 0.2) is 48.5 Å². The summed E-state index contributed by atoms with van der Waals surface area (Å²) in [4.78, 5) is 0. The van der Waals surface area contributed by atoms with E-state index in [4.69, 9.17) is 2.51 Å². The van der Waals surface area contributed by atoms with Crippen LogP contribution >= 0.6 is 20.2 Å². The van der Waals surface area contributed by atoms with Crippen molar-refractivity contribution in [3.63, 3.8) is 0 Å². The summed E-state index contributed by atoms with van der Waals surface area (Å²) in [6.07, 6.45) is 0.565. The molecular weight excluding hydrogens is 432 g/mol. The summed E-state index contributed by atoms with van der Waals surface area (Å²) < 4.78 is 66.7. The summed E-state index contributed by atoms with van der Waals surface area (Å²) in [6.45, 7) is 0. The standard InChI is InChI=1S/C14H10F3IO3S/c15-14(16,17)22(19,20)21-18-12-7-3-1-5-10(12)9-11-6-2-4-8-13(11)18/h1-8H,9H2. The van der Waals surface area contributed by atoms with E-state index in [1.54, 1.807) is 48.5 Å². The Bertz CT molecular complexity index is 773. The Balaban J connectivity index is 2.11. The molecule has 0 bridgehead atoms. The molecule has 1 heterocycles. The van der Waals surface area contributed by atoms with Gasteiger partial charge in [0.25, 0.3) is 0 Å². The SMILES string of the molecule is O=S(=O)(OI1c2ccccc2Cc2ccccc21)C(F)(F)F. The average Bonchev–Trinajstić information content (AvgIpc) is 2.45. The first-order valence-corrected chi connectivity index (χ1v) is 10.6. The van der Waals surface area contributed by atoms with Crippen molar-refractivity contribution in [2.45, 2.75) is 11.9 Å². The topological polar surface area (TPSA) is 43.4 Å². The summed E-state index contributed by atoms with van der Waals surface area (Å²) >= 11 is -3.17. The fourth-order valence-electron chi connectivity index (χ4n) is 2.12. The molecule has 0 aliphatic carbocycles. The molecule has 0 saturated carbocycles. The van der Waals surface area contributed by atoms with Crippen LogP contribution in [-0.4, -0.2) is 13.9 Å². The summed E-state index contributed by atoms with van der Waals surface area (Å²) in [5.41, 5.74) is -3.77. The predicted molar refractivity (Wildman–Crippen MR) is 83.2 cm³/mol. The van der Waals surface area contributed by atoms with Gasteiger partial charge in [-0.05, 0) is 0 Å². The van der Waals surface area contributed by atoms with Crippen molar-refractivity contribution in [1.82, 2.24) is 0 Å². The number of benzene rings is 2. The van der Waals surface area contributed by atoms with Gasteiger partial charge in [0.05, 0.1) is 0 Å². The fourth-order valence-corrected chi connectivity index (χ4v) is 9.38. The van der Waals surface area contributed by atoms with Gasteiger partial charge < -0.3 is 0 Å². The number of hydrogen-bond acceptors (Lipinski definition) is 3. The average molecular weight is 442 g/mol. The molecule has 0 radical (unpaired) electrons. The third-order valence-electron chi connectivity index (χ3n) is 3.10. The van der Waals surface area contributed by atoms with E-state index < -0.39 is 35.9 Å². The van der Waals surface area contributed by atoms with Crippen LogP contribution in [0.25, 0.3) is 0 Å². The normalized spacial score (nSPS) is 16.0. The van der Waals surface area contributed by atoms with Gasteiger partial charge in [-0.3, -0.25) is 0 Å². The van der Waals surface area contributed by atoms with Gasteiger partial charge in [-0.2, -0.15) is 0 Å². The maximum absolute atomic E-state index is 12.7. The number of hydrogen-bond donors (Lipinski definition) is 0. The van der Waals surface area contributed by atoms with E-state index in [-0.39, 0.29) is 0 Å². The Morgan fingerprint density at radius 1 is 0.909 bits per heavy atom. The molecule has 3 rings (SSSR count). The Morgan fingerprint density at radius 2 is 1.36 bits per heavy atom. The van der Waals surface area contributed by atoms with E-state index in [0.717, 1.165) is 11.1 Å². The van der Waals surface area contributed by atoms with Crippen molar-refractivity contribution < 1.29 is 24.1 Å². The van der Waals surface area contributed by atoms with Crippen molar-refractivity contribution in [3.8, 4) is 0 Å². The van der Waals surface area contributed by atoms with Crippen LogP contribution < -0.4 is 0 Å². The molecule has 0 saturated heterocycles. The summed E-state index contributed by atoms with van der Waals surface area (Å²) in [6, 6.07) is 13.8. The predicted octanol–water partition coefficient (Wildman–Crippen LogP) is 3.92. The molecule has 2 aromatic rings. The van der Waals surface area contributed by atoms with E-state index in [9.17, 15) is 21.6 Å². The molecule has 22 heavy (non-hydrogen) atoms. The van der Waals surface area contributed by atoms with Crippen LogP contribution in [-0.2, 0) is 19.1 Å². The van der Waals surface area contributed by atoms with Gasteiger partial charge in [-0.15, -0.1) is 0 Å². The maximum atomic E-state index is 12.7. The summed E-state index contributed by atoms with van der Waals surface area (Å²) in [5.74, 6) is 0. The minimum absolute atomic E-state index is 0.565. The molecule has 0 aromatic heterocycles. The summed E-state index contributed by atoms with van der Waals surface area (Å²) in [5, 5.41) is 0. The second-order valence-corrected chi connectivity index (χ2v) is 10.9. The van der Waals surface area contributed by atoms with Crippen LogP contribution in [0, 0.1) is 7.14 Å². The first kappa shape index (κ1) is 15.8. The molecule has 3 nitrogen and oxygen atoms in total. The van der Waals surface area contributed by atoms with Gasteiger partial charge in [0.1, 0.15) is 0 Å². The van der Waals surface area contributed by atoms with E-state index in [2.05, 4.69) is 0 Å². The number of rotatable bonds is 2. The van der Waals surface area contributed by atoms with Crippen molar-refractivity contribution in [2.75, 3.05) is 0 Å². The van der Waals surface area contributed by atoms with Crippen LogP contribution in [0.5, 0.6) is 0 Å². The Kier molecular flexibility index (Phi) is 3.94. The van der Waals surface area contributed by atoms with E-state index in [1.165, 1.54) is 0 Å². The second-order valence-electron chi connectivity index (χ2n) is 4.57. The third-order valence-corrected chi connectivity index (χ3v) is 10.7. The van der Waals surface area contributed by atoms with E-state index in [0.29, 0.717) is 13.6 Å². The molecule has 0 spiro atoms. The Morgan fingerprint density at radius 3 is 1.82 bits per heavy atom.